The Morgan fingerprint density at radius 3 is 2.68 bits per heavy atom. The van der Waals surface area contributed by atoms with Crippen LogP contribution in [0.3, 0.4) is 0 Å². The average molecular weight is 448 g/mol. The topological polar surface area (TPSA) is 119 Å². The molecular weight excluding hydrogens is 422 g/mol. The van der Waals surface area contributed by atoms with E-state index in [1.165, 1.54) is 0 Å². The smallest absolute Gasteiger partial charge is 0.271 e. The predicted molar refractivity (Wildman–Crippen MR) is 115 cm³/mol. The van der Waals surface area contributed by atoms with Crippen molar-refractivity contribution in [3.05, 3.63) is 69.3 Å². The first kappa shape index (κ1) is 22.9. The number of benzene rings is 2. The van der Waals surface area contributed by atoms with E-state index >= 15 is 0 Å². The van der Waals surface area contributed by atoms with Gasteiger partial charge >= 0.3 is 0 Å². The van der Waals surface area contributed by atoms with Crippen molar-refractivity contribution in [2.24, 2.45) is 0 Å². The summed E-state index contributed by atoms with van der Waals surface area (Å²) in [7, 11) is -3.70. The molecule has 0 saturated carbocycles. The quantitative estimate of drug-likeness (QED) is 0.510. The fourth-order valence-electron chi connectivity index (χ4n) is 3.45. The van der Waals surface area contributed by atoms with E-state index in [1.54, 1.807) is 0 Å². The van der Waals surface area contributed by atoms with Gasteiger partial charge in [-0.1, -0.05) is 24.3 Å². The van der Waals surface area contributed by atoms with E-state index in [-0.39, 0.29) is 23.1 Å². The summed E-state index contributed by atoms with van der Waals surface area (Å²) in [5.74, 6) is -0.582. The minimum Gasteiger partial charge on any atom is -0.376 e. The molecule has 0 spiro atoms. The summed E-state index contributed by atoms with van der Waals surface area (Å²) >= 11 is 0. The number of nitro benzene ring substituents is 1. The molecule has 1 fully saturated rings. The van der Waals surface area contributed by atoms with Crippen LogP contribution in [0.4, 0.5) is 5.69 Å². The number of nitrogens with one attached hydrogen (secondary N) is 1. The summed E-state index contributed by atoms with van der Waals surface area (Å²) in [4.78, 5) is 25.0. The Morgan fingerprint density at radius 1 is 1.26 bits per heavy atom. The Kier molecular flexibility index (Phi) is 7.04. The second-order valence-corrected chi connectivity index (χ2v) is 9.68. The highest BCUT2D eigenvalue weighted by atomic mass is 32.2. The summed E-state index contributed by atoms with van der Waals surface area (Å²) < 4.78 is 29.2. The zero-order valence-corrected chi connectivity index (χ0v) is 18.2. The van der Waals surface area contributed by atoms with E-state index < -0.39 is 26.4 Å². The molecule has 0 bridgehead atoms. The maximum atomic E-state index is 12.6. The number of rotatable bonds is 7. The molecule has 31 heavy (non-hydrogen) atoms. The van der Waals surface area contributed by atoms with Crippen LogP contribution in [0.15, 0.2) is 47.4 Å². The van der Waals surface area contributed by atoms with Gasteiger partial charge in [0.1, 0.15) is 0 Å². The van der Waals surface area contributed by atoms with Gasteiger partial charge in [-0.2, -0.15) is 0 Å². The van der Waals surface area contributed by atoms with Gasteiger partial charge in [-0.15, -0.1) is 0 Å². The molecule has 1 N–H and O–H groups in total. The molecule has 1 amide bonds. The van der Waals surface area contributed by atoms with Crippen molar-refractivity contribution in [2.45, 2.75) is 31.0 Å². The Hall–Kier alpha value is -2.82. The van der Waals surface area contributed by atoms with E-state index in [0.717, 1.165) is 55.2 Å². The molecule has 10 heteroatoms. The Bertz CT molecular complexity index is 1090. The highest BCUT2D eigenvalue weighted by molar-refractivity contribution is 7.90. The number of amides is 1. The van der Waals surface area contributed by atoms with Gasteiger partial charge < -0.3 is 10.1 Å². The van der Waals surface area contributed by atoms with Crippen LogP contribution >= 0.6 is 0 Å². The third-order valence-corrected chi connectivity index (χ3v) is 6.06. The van der Waals surface area contributed by atoms with Crippen molar-refractivity contribution in [3.63, 3.8) is 0 Å². The van der Waals surface area contributed by atoms with Gasteiger partial charge in [0, 0.05) is 50.1 Å². The molecule has 3 rings (SSSR count). The second kappa shape index (κ2) is 9.54. The number of ether oxygens (including phenoxy) is 1. The number of hydrogen-bond acceptors (Lipinski definition) is 7. The lowest BCUT2D eigenvalue weighted by Crippen LogP contribution is -2.40. The molecule has 1 aliphatic rings. The van der Waals surface area contributed by atoms with E-state index in [9.17, 15) is 23.3 Å². The highest BCUT2D eigenvalue weighted by Gasteiger charge is 2.19. The zero-order chi connectivity index (χ0) is 22.6. The number of hydrogen-bond donors (Lipinski definition) is 1. The lowest BCUT2D eigenvalue weighted by molar-refractivity contribution is -0.385. The molecule has 1 saturated heterocycles. The van der Waals surface area contributed by atoms with E-state index in [1.807, 2.05) is 31.2 Å². The fourth-order valence-corrected chi connectivity index (χ4v) is 4.12. The number of nitro groups is 1. The summed E-state index contributed by atoms with van der Waals surface area (Å²) in [6.45, 7) is 5.45. The number of non-ortho nitro benzene ring substituents is 1. The third-order valence-electron chi connectivity index (χ3n) is 4.97. The van der Waals surface area contributed by atoms with Crippen LogP contribution in [0.25, 0.3) is 0 Å². The monoisotopic (exact) mass is 447 g/mol. The zero-order valence-electron chi connectivity index (χ0n) is 17.4. The largest absolute Gasteiger partial charge is 0.376 e. The van der Waals surface area contributed by atoms with Crippen molar-refractivity contribution in [1.82, 2.24) is 10.2 Å². The SMILES string of the molecule is CC1CN(Cc2cccc(CNC(=O)c3cc([N+](=O)[O-])cc(S(C)(=O)=O)c3)c2)CCO1. The Morgan fingerprint density at radius 2 is 2.00 bits per heavy atom. The molecule has 0 aromatic heterocycles. The number of nitrogens with zero attached hydrogens (tertiary/aromatic N) is 2. The van der Waals surface area contributed by atoms with Gasteiger partial charge in [0.05, 0.1) is 22.5 Å². The normalized spacial score (nSPS) is 17.3. The molecule has 1 atom stereocenters. The predicted octanol–water partition coefficient (Wildman–Crippen LogP) is 2.15. The first-order chi connectivity index (χ1) is 14.6. The first-order valence-electron chi connectivity index (χ1n) is 9.81. The van der Waals surface area contributed by atoms with Gasteiger partial charge in [0.25, 0.3) is 11.6 Å². The van der Waals surface area contributed by atoms with Crippen LogP contribution in [-0.2, 0) is 27.7 Å². The lowest BCUT2D eigenvalue weighted by Gasteiger charge is -2.31. The number of carbonyl (C=O) groups excluding carboxylic acids is 1. The maximum absolute atomic E-state index is 12.6. The fraction of sp³-hybridized carbons (Fsp3) is 0.381. The van der Waals surface area contributed by atoms with Gasteiger partial charge in [0.15, 0.2) is 9.84 Å². The summed E-state index contributed by atoms with van der Waals surface area (Å²) in [6.07, 6.45) is 1.14. The molecule has 1 aliphatic heterocycles. The molecule has 1 unspecified atom stereocenters. The molecule has 2 aromatic rings. The van der Waals surface area contributed by atoms with Crippen LogP contribution in [0.2, 0.25) is 0 Å². The average Bonchev–Trinajstić information content (AvgIpc) is 2.71. The highest BCUT2D eigenvalue weighted by Crippen LogP contribution is 2.21. The van der Waals surface area contributed by atoms with Gasteiger partial charge in [-0.05, 0) is 24.1 Å². The number of sulfone groups is 1. The van der Waals surface area contributed by atoms with Crippen LogP contribution in [0.1, 0.15) is 28.4 Å². The van der Waals surface area contributed by atoms with Crippen molar-refractivity contribution >= 4 is 21.4 Å². The lowest BCUT2D eigenvalue weighted by atomic mass is 10.1. The maximum Gasteiger partial charge on any atom is 0.271 e. The Labute approximate surface area is 181 Å². The standard InChI is InChI=1S/C21H25N3O6S/c1-15-13-23(6-7-30-15)14-17-5-3-4-16(8-17)12-22-21(25)18-9-19(24(26)27)11-20(10-18)31(2,28)29/h3-5,8-11,15H,6-7,12-14H2,1-2H3,(H,22,25). The minimum absolute atomic E-state index is 0.0758. The van der Waals surface area contributed by atoms with Crippen molar-refractivity contribution in [1.29, 1.82) is 0 Å². The van der Waals surface area contributed by atoms with Crippen molar-refractivity contribution < 1.29 is 22.9 Å². The molecule has 0 aliphatic carbocycles. The minimum atomic E-state index is -3.70. The Balaban J connectivity index is 1.69. The molecule has 2 aromatic carbocycles. The van der Waals surface area contributed by atoms with Crippen molar-refractivity contribution in [2.75, 3.05) is 26.0 Å². The summed E-state index contributed by atoms with van der Waals surface area (Å²) in [5, 5.41) is 13.8. The molecule has 166 valence electrons. The number of morpholine rings is 1. The van der Waals surface area contributed by atoms with E-state index in [2.05, 4.69) is 10.2 Å². The van der Waals surface area contributed by atoms with Crippen molar-refractivity contribution in [3.8, 4) is 0 Å². The molecule has 1 heterocycles. The number of carbonyl (C=O) groups is 1. The molecule has 9 nitrogen and oxygen atoms in total. The van der Waals surface area contributed by atoms with Gasteiger partial charge in [-0.3, -0.25) is 19.8 Å². The molecule has 0 radical (unpaired) electrons. The molecular formula is C21H25N3O6S. The van der Waals surface area contributed by atoms with Crippen LogP contribution in [0, 0.1) is 10.1 Å². The first-order valence-corrected chi connectivity index (χ1v) is 11.7. The third kappa shape index (κ3) is 6.33. The summed E-state index contributed by atoms with van der Waals surface area (Å²) in [6, 6.07) is 11.0. The van der Waals surface area contributed by atoms with Gasteiger partial charge in [-0.25, -0.2) is 8.42 Å². The second-order valence-electron chi connectivity index (χ2n) is 7.66. The van der Waals surface area contributed by atoms with Gasteiger partial charge in [0.2, 0.25) is 0 Å². The van der Waals surface area contributed by atoms with E-state index in [0.29, 0.717) is 6.61 Å². The summed E-state index contributed by atoms with van der Waals surface area (Å²) in [5.41, 5.74) is 1.46. The van der Waals surface area contributed by atoms with Crippen LogP contribution < -0.4 is 5.32 Å². The van der Waals surface area contributed by atoms with E-state index in [4.69, 9.17) is 4.74 Å². The van der Waals surface area contributed by atoms with Crippen LogP contribution in [0.5, 0.6) is 0 Å². The van der Waals surface area contributed by atoms with Crippen LogP contribution in [-0.4, -0.2) is 56.2 Å².